The summed E-state index contributed by atoms with van der Waals surface area (Å²) in [6, 6.07) is 17.9. The molecule has 0 aliphatic carbocycles. The molecule has 0 spiro atoms. The molecule has 1 unspecified atom stereocenters. The van der Waals surface area contributed by atoms with Crippen molar-refractivity contribution in [3.8, 4) is 11.5 Å². The number of benzene rings is 2. The minimum atomic E-state index is -0.187. The average molecular weight is 450 g/mol. The first-order valence-corrected chi connectivity index (χ1v) is 11.4. The molecule has 7 heteroatoms. The summed E-state index contributed by atoms with van der Waals surface area (Å²) in [5.41, 5.74) is 3.27. The highest BCUT2D eigenvalue weighted by molar-refractivity contribution is 7.10. The third-order valence-corrected chi connectivity index (χ3v) is 6.50. The Bertz CT molecular complexity index is 1170. The van der Waals surface area contributed by atoms with Crippen molar-refractivity contribution < 1.29 is 14.3 Å². The van der Waals surface area contributed by atoms with E-state index in [0.717, 1.165) is 22.6 Å². The van der Waals surface area contributed by atoms with Crippen LogP contribution in [0.4, 0.5) is 4.79 Å². The maximum atomic E-state index is 12.5. The number of rotatable bonds is 9. The van der Waals surface area contributed by atoms with Crippen LogP contribution in [-0.4, -0.2) is 38.3 Å². The Balaban J connectivity index is 1.38. The fourth-order valence-electron chi connectivity index (χ4n) is 3.88. The highest BCUT2D eigenvalue weighted by Gasteiger charge is 2.20. The molecule has 0 radical (unpaired) electrons. The van der Waals surface area contributed by atoms with Gasteiger partial charge in [0.2, 0.25) is 0 Å². The second kappa shape index (κ2) is 10.2. The normalized spacial score (nSPS) is 11.8. The highest BCUT2D eigenvalue weighted by atomic mass is 32.1. The van der Waals surface area contributed by atoms with Crippen molar-refractivity contribution in [1.82, 2.24) is 15.6 Å². The Morgan fingerprint density at radius 2 is 1.94 bits per heavy atom. The van der Waals surface area contributed by atoms with Crippen molar-refractivity contribution in [3.63, 3.8) is 0 Å². The zero-order valence-corrected chi connectivity index (χ0v) is 19.0. The lowest BCUT2D eigenvalue weighted by atomic mass is 9.97. The van der Waals surface area contributed by atoms with Crippen molar-refractivity contribution in [2.45, 2.75) is 12.3 Å². The fourth-order valence-corrected chi connectivity index (χ4v) is 4.73. The third kappa shape index (κ3) is 4.89. The number of nitrogens with one attached hydrogen (secondary N) is 3. The van der Waals surface area contributed by atoms with Crippen molar-refractivity contribution in [2.24, 2.45) is 0 Å². The number of H-pyrrole nitrogens is 1. The second-order valence-electron chi connectivity index (χ2n) is 7.42. The van der Waals surface area contributed by atoms with Crippen LogP contribution in [0.1, 0.15) is 21.9 Å². The first-order chi connectivity index (χ1) is 15.7. The first-order valence-electron chi connectivity index (χ1n) is 10.5. The van der Waals surface area contributed by atoms with Crippen LogP contribution in [0.5, 0.6) is 11.5 Å². The van der Waals surface area contributed by atoms with Gasteiger partial charge in [0.1, 0.15) is 11.5 Å². The summed E-state index contributed by atoms with van der Waals surface area (Å²) in [6.07, 6.45) is 2.69. The van der Waals surface area contributed by atoms with Crippen LogP contribution < -0.4 is 20.1 Å². The van der Waals surface area contributed by atoms with Gasteiger partial charge >= 0.3 is 6.03 Å². The van der Waals surface area contributed by atoms with Crippen LogP contribution in [0, 0.1) is 0 Å². The maximum absolute atomic E-state index is 12.5. The van der Waals surface area contributed by atoms with Gasteiger partial charge < -0.3 is 25.1 Å². The molecule has 3 N–H and O–H groups in total. The molecular weight excluding hydrogens is 422 g/mol. The van der Waals surface area contributed by atoms with Crippen LogP contribution in [0.3, 0.4) is 0 Å². The maximum Gasteiger partial charge on any atom is 0.314 e. The summed E-state index contributed by atoms with van der Waals surface area (Å²) in [6.45, 7) is 1.00. The standard InChI is InChI=1S/C25H27N3O3S/c1-30-18-9-10-23(31-2)17(14-18)11-12-26-25(29)28-16-21(24-8-5-13-32-24)20-15-27-22-7-4-3-6-19(20)22/h3-10,13-15,21,27H,11-12,16H2,1-2H3,(H2,26,28,29). The molecule has 166 valence electrons. The predicted octanol–water partition coefficient (Wildman–Crippen LogP) is 4.92. The summed E-state index contributed by atoms with van der Waals surface area (Å²) in [7, 11) is 3.27. The number of aromatic amines is 1. The number of methoxy groups -OCH3 is 2. The smallest absolute Gasteiger partial charge is 0.314 e. The zero-order chi connectivity index (χ0) is 22.3. The number of carbonyl (C=O) groups is 1. The largest absolute Gasteiger partial charge is 0.497 e. The molecule has 0 fully saturated rings. The van der Waals surface area contributed by atoms with E-state index in [2.05, 4.69) is 39.2 Å². The third-order valence-electron chi connectivity index (χ3n) is 5.52. The summed E-state index contributed by atoms with van der Waals surface area (Å²) in [5, 5.41) is 9.25. The van der Waals surface area contributed by atoms with Gasteiger partial charge in [-0.15, -0.1) is 11.3 Å². The Labute approximate surface area is 191 Å². The summed E-state index contributed by atoms with van der Waals surface area (Å²) in [4.78, 5) is 17.1. The molecule has 0 bridgehead atoms. The molecule has 2 aromatic carbocycles. The van der Waals surface area contributed by atoms with Gasteiger partial charge in [-0.3, -0.25) is 0 Å². The van der Waals surface area contributed by atoms with Crippen molar-refractivity contribution in [1.29, 1.82) is 0 Å². The quantitative estimate of drug-likeness (QED) is 0.339. The number of hydrogen-bond donors (Lipinski definition) is 3. The number of carbonyl (C=O) groups excluding carboxylic acids is 1. The molecule has 0 saturated carbocycles. The molecule has 2 aromatic heterocycles. The second-order valence-corrected chi connectivity index (χ2v) is 8.40. The lowest BCUT2D eigenvalue weighted by Gasteiger charge is -2.17. The number of fused-ring (bicyclic) bond motifs is 1. The monoisotopic (exact) mass is 449 g/mol. The van der Waals surface area contributed by atoms with Gasteiger partial charge in [0.25, 0.3) is 0 Å². The Hall–Kier alpha value is -3.45. The molecule has 2 heterocycles. The number of hydrogen-bond acceptors (Lipinski definition) is 4. The van der Waals surface area contributed by atoms with Gasteiger partial charge in [0.05, 0.1) is 14.2 Å². The lowest BCUT2D eigenvalue weighted by Crippen LogP contribution is -2.38. The number of aromatic nitrogens is 1. The highest BCUT2D eigenvalue weighted by Crippen LogP contribution is 2.32. The molecule has 4 aromatic rings. The summed E-state index contributed by atoms with van der Waals surface area (Å²) in [5.74, 6) is 1.63. The van der Waals surface area contributed by atoms with Gasteiger partial charge in [0.15, 0.2) is 0 Å². The van der Waals surface area contributed by atoms with E-state index in [-0.39, 0.29) is 11.9 Å². The van der Waals surface area contributed by atoms with E-state index >= 15 is 0 Å². The van der Waals surface area contributed by atoms with E-state index < -0.39 is 0 Å². The van der Waals surface area contributed by atoms with Gasteiger partial charge in [-0.2, -0.15) is 0 Å². The first kappa shape index (κ1) is 21.8. The summed E-state index contributed by atoms with van der Waals surface area (Å²) < 4.78 is 10.7. The van der Waals surface area contributed by atoms with E-state index in [9.17, 15) is 4.79 Å². The van der Waals surface area contributed by atoms with Crippen LogP contribution in [0.2, 0.25) is 0 Å². The molecule has 6 nitrogen and oxygen atoms in total. The zero-order valence-electron chi connectivity index (χ0n) is 18.2. The Kier molecular flexibility index (Phi) is 6.97. The van der Waals surface area contributed by atoms with Gasteiger partial charge in [-0.05, 0) is 53.3 Å². The predicted molar refractivity (Wildman–Crippen MR) is 129 cm³/mol. The van der Waals surface area contributed by atoms with Gasteiger partial charge in [-0.25, -0.2) is 4.79 Å². The van der Waals surface area contributed by atoms with Crippen molar-refractivity contribution in [3.05, 3.63) is 82.2 Å². The van der Waals surface area contributed by atoms with E-state index in [1.807, 2.05) is 42.6 Å². The van der Waals surface area contributed by atoms with E-state index in [1.54, 1.807) is 25.6 Å². The SMILES string of the molecule is COc1ccc(OC)c(CCNC(=O)NCC(c2cccs2)c2c[nH]c3ccccc23)c1. The van der Waals surface area contributed by atoms with Gasteiger partial charge in [0, 0.05) is 41.0 Å². The molecule has 0 aliphatic rings. The summed E-state index contributed by atoms with van der Waals surface area (Å²) >= 11 is 1.70. The number of amides is 2. The van der Waals surface area contributed by atoms with E-state index in [4.69, 9.17) is 9.47 Å². The Morgan fingerprint density at radius 3 is 2.72 bits per heavy atom. The van der Waals surface area contributed by atoms with Crippen LogP contribution in [0.25, 0.3) is 10.9 Å². The van der Waals surface area contributed by atoms with Crippen LogP contribution >= 0.6 is 11.3 Å². The molecule has 1 atom stereocenters. The van der Waals surface area contributed by atoms with Crippen molar-refractivity contribution >= 4 is 28.3 Å². The molecule has 0 saturated heterocycles. The minimum Gasteiger partial charge on any atom is -0.497 e. The molecule has 2 amide bonds. The number of urea groups is 1. The van der Waals surface area contributed by atoms with E-state index in [1.165, 1.54) is 15.8 Å². The van der Waals surface area contributed by atoms with Crippen LogP contribution in [-0.2, 0) is 6.42 Å². The molecule has 0 aliphatic heterocycles. The average Bonchev–Trinajstić information content (AvgIpc) is 3.50. The molecule has 32 heavy (non-hydrogen) atoms. The molecule has 4 rings (SSSR count). The van der Waals surface area contributed by atoms with E-state index in [0.29, 0.717) is 19.5 Å². The Morgan fingerprint density at radius 1 is 1.06 bits per heavy atom. The number of ether oxygens (including phenoxy) is 2. The minimum absolute atomic E-state index is 0.0791. The van der Waals surface area contributed by atoms with Crippen LogP contribution in [0.15, 0.2) is 66.2 Å². The fraction of sp³-hybridized carbons (Fsp3) is 0.240. The number of thiophene rings is 1. The number of para-hydroxylation sites is 1. The lowest BCUT2D eigenvalue weighted by molar-refractivity contribution is 0.240. The van der Waals surface area contributed by atoms with Gasteiger partial charge in [-0.1, -0.05) is 24.3 Å². The topological polar surface area (TPSA) is 75.4 Å². The van der Waals surface area contributed by atoms with Crippen molar-refractivity contribution in [2.75, 3.05) is 27.3 Å². The molecular formula is C25H27N3O3S.